The van der Waals surface area contributed by atoms with E-state index in [4.69, 9.17) is 4.74 Å². The quantitative estimate of drug-likeness (QED) is 0.615. The molecule has 0 bridgehead atoms. The van der Waals surface area contributed by atoms with Crippen LogP contribution in [0.4, 0.5) is 0 Å². The van der Waals surface area contributed by atoms with Crippen LogP contribution in [0.5, 0.6) is 0 Å². The van der Waals surface area contributed by atoms with E-state index in [0.717, 1.165) is 31.6 Å². The smallest absolute Gasteiger partial charge is 0.302 e. The van der Waals surface area contributed by atoms with Gasteiger partial charge in [0.25, 0.3) is 0 Å². The van der Waals surface area contributed by atoms with Crippen molar-refractivity contribution in [1.29, 1.82) is 0 Å². The Morgan fingerprint density at radius 1 is 1.18 bits per heavy atom. The number of ether oxygens (including phenoxy) is 1. The lowest BCUT2D eigenvalue weighted by atomic mass is 9.95. The molecule has 3 nitrogen and oxygen atoms in total. The van der Waals surface area contributed by atoms with Gasteiger partial charge < -0.3 is 10.9 Å². The maximum absolute atomic E-state index is 10.9. The maximum atomic E-state index is 10.9. The first-order chi connectivity index (χ1) is 7.63. The number of carbonyl (C=O) groups excluding carboxylic acids is 1. The molecule has 0 aromatic rings. The Balaban J connectivity index is 0. The van der Waals surface area contributed by atoms with Crippen LogP contribution in [0.2, 0.25) is 0 Å². The summed E-state index contributed by atoms with van der Waals surface area (Å²) in [6, 6.07) is 0. The van der Waals surface area contributed by atoms with E-state index in [2.05, 4.69) is 20.8 Å². The Bertz CT molecular complexity index is 179. The molecule has 0 fully saturated rings. The van der Waals surface area contributed by atoms with Gasteiger partial charge in [0.1, 0.15) is 6.10 Å². The van der Waals surface area contributed by atoms with E-state index >= 15 is 0 Å². The molecule has 0 aromatic carbocycles. The summed E-state index contributed by atoms with van der Waals surface area (Å²) in [7, 11) is 0. The van der Waals surface area contributed by atoms with Gasteiger partial charge in [-0.3, -0.25) is 4.79 Å². The van der Waals surface area contributed by atoms with Crippen molar-refractivity contribution in [2.45, 2.75) is 71.8 Å². The summed E-state index contributed by atoms with van der Waals surface area (Å²) in [6.45, 7) is 9.79. The van der Waals surface area contributed by atoms with Crippen molar-refractivity contribution >= 4 is 5.97 Å². The molecule has 0 aliphatic rings. The topological polar surface area (TPSA) is 61.3 Å². The predicted octanol–water partition coefficient (Wildman–Crippen LogP) is 4.30. The summed E-state index contributed by atoms with van der Waals surface area (Å²) >= 11 is 0. The van der Waals surface area contributed by atoms with Crippen molar-refractivity contribution in [2.75, 3.05) is 0 Å². The van der Waals surface area contributed by atoms with Gasteiger partial charge in [-0.2, -0.15) is 0 Å². The second kappa shape index (κ2) is 11.9. The highest BCUT2D eigenvalue weighted by Crippen LogP contribution is 2.19. The number of hydrogen-bond acceptors (Lipinski definition) is 3. The van der Waals surface area contributed by atoms with E-state index in [1.165, 1.54) is 26.2 Å². The minimum absolute atomic E-state index is 0. The van der Waals surface area contributed by atoms with Crippen LogP contribution in [0.15, 0.2) is 0 Å². The highest BCUT2D eigenvalue weighted by Gasteiger charge is 2.12. The monoisotopic (exact) mass is 244 g/mol. The molecule has 0 heterocycles. The first kappa shape index (κ1) is 18.8. The molecule has 1 radical (unpaired) electrons. The highest BCUT2D eigenvalue weighted by atomic mass is 16.5. The van der Waals surface area contributed by atoms with Crippen LogP contribution >= 0.6 is 0 Å². The molecule has 0 aliphatic heterocycles. The average Bonchev–Trinajstić information content (AvgIpc) is 2.24. The van der Waals surface area contributed by atoms with Crippen molar-refractivity contribution in [3.05, 3.63) is 6.92 Å². The van der Waals surface area contributed by atoms with Crippen molar-refractivity contribution in [1.82, 2.24) is 6.15 Å². The molecule has 3 N–H and O–H groups in total. The lowest BCUT2D eigenvalue weighted by Crippen LogP contribution is -2.16. The number of hydrogen-bond donors (Lipinski definition) is 1. The number of carbonyl (C=O) groups is 1. The lowest BCUT2D eigenvalue weighted by Gasteiger charge is -2.18. The molecule has 0 saturated heterocycles. The average molecular weight is 244 g/mol. The van der Waals surface area contributed by atoms with Crippen LogP contribution in [-0.2, 0) is 9.53 Å². The third kappa shape index (κ3) is 10.3. The predicted molar refractivity (Wildman–Crippen MR) is 73.1 cm³/mol. The molecule has 1 atom stereocenters. The van der Waals surface area contributed by atoms with Crippen LogP contribution in [0.1, 0.15) is 65.7 Å². The van der Waals surface area contributed by atoms with Gasteiger partial charge in [-0.1, -0.05) is 40.0 Å². The van der Waals surface area contributed by atoms with E-state index in [0.29, 0.717) is 0 Å². The lowest BCUT2D eigenvalue weighted by molar-refractivity contribution is -0.147. The van der Waals surface area contributed by atoms with E-state index in [1.54, 1.807) is 0 Å². The molecule has 0 spiro atoms. The first-order valence-corrected chi connectivity index (χ1v) is 6.60. The summed E-state index contributed by atoms with van der Waals surface area (Å²) in [5, 5.41) is 0. The van der Waals surface area contributed by atoms with Crippen molar-refractivity contribution in [3.63, 3.8) is 0 Å². The zero-order valence-corrected chi connectivity index (χ0v) is 11.8. The van der Waals surface area contributed by atoms with Gasteiger partial charge >= 0.3 is 5.97 Å². The van der Waals surface area contributed by atoms with Gasteiger partial charge in [-0.25, -0.2) is 0 Å². The second-order valence-electron chi connectivity index (χ2n) is 4.49. The van der Waals surface area contributed by atoms with Gasteiger partial charge in [-0.15, -0.1) is 0 Å². The molecule has 0 rings (SSSR count). The van der Waals surface area contributed by atoms with Crippen molar-refractivity contribution in [2.24, 2.45) is 5.92 Å². The molecule has 17 heavy (non-hydrogen) atoms. The fourth-order valence-corrected chi connectivity index (χ4v) is 2.06. The zero-order chi connectivity index (χ0) is 12.4. The molecular formula is C14H30NO2. The van der Waals surface area contributed by atoms with Gasteiger partial charge in [-0.05, 0) is 31.6 Å². The van der Waals surface area contributed by atoms with Crippen LogP contribution in [0, 0.1) is 12.8 Å². The Kier molecular flexibility index (Phi) is 13.2. The zero-order valence-electron chi connectivity index (χ0n) is 11.8. The van der Waals surface area contributed by atoms with Crippen molar-refractivity contribution < 1.29 is 9.53 Å². The standard InChI is InChI=1S/C14H27O2.H3N/c1-5-9-14(16-12(4)15)11-8-10-13(6-2)7-3;/h13-14H,1,5-11H2,2-4H3;1H3. The van der Waals surface area contributed by atoms with Gasteiger partial charge in [0, 0.05) is 6.92 Å². The molecule has 0 aliphatic carbocycles. The first-order valence-electron chi connectivity index (χ1n) is 6.60. The molecular weight excluding hydrogens is 214 g/mol. The normalized spacial score (nSPS) is 12.1. The number of rotatable bonds is 9. The Morgan fingerprint density at radius 2 is 1.76 bits per heavy atom. The Hall–Kier alpha value is -0.570. The van der Waals surface area contributed by atoms with Gasteiger partial charge in [0.05, 0.1) is 0 Å². The minimum atomic E-state index is -0.166. The van der Waals surface area contributed by atoms with Crippen molar-refractivity contribution in [3.8, 4) is 0 Å². The summed E-state index contributed by atoms with van der Waals surface area (Å²) in [4.78, 5) is 10.9. The van der Waals surface area contributed by atoms with Gasteiger partial charge in [0.15, 0.2) is 0 Å². The van der Waals surface area contributed by atoms with Crippen LogP contribution in [0.25, 0.3) is 0 Å². The van der Waals surface area contributed by atoms with E-state index in [-0.39, 0.29) is 18.2 Å². The summed E-state index contributed by atoms with van der Waals surface area (Å²) < 4.78 is 5.26. The molecule has 0 aromatic heterocycles. The largest absolute Gasteiger partial charge is 0.463 e. The molecule has 1 unspecified atom stereocenters. The highest BCUT2D eigenvalue weighted by molar-refractivity contribution is 5.66. The van der Waals surface area contributed by atoms with Gasteiger partial charge in [0.2, 0.25) is 0 Å². The Morgan fingerprint density at radius 3 is 2.18 bits per heavy atom. The fourth-order valence-electron chi connectivity index (χ4n) is 2.06. The van der Waals surface area contributed by atoms with E-state index < -0.39 is 0 Å². The third-order valence-corrected chi connectivity index (χ3v) is 3.15. The summed E-state index contributed by atoms with van der Waals surface area (Å²) in [5.74, 6) is 0.665. The fraction of sp³-hybridized carbons (Fsp3) is 0.857. The molecule has 3 heteroatoms. The summed E-state index contributed by atoms with van der Waals surface area (Å²) in [5.41, 5.74) is 0. The van der Waals surface area contributed by atoms with Crippen LogP contribution < -0.4 is 6.15 Å². The van der Waals surface area contributed by atoms with E-state index in [1.807, 2.05) is 0 Å². The van der Waals surface area contributed by atoms with E-state index in [9.17, 15) is 4.79 Å². The SMILES string of the molecule is N.[CH2]CCC(CCCC(CC)CC)OC(C)=O. The minimum Gasteiger partial charge on any atom is -0.463 e. The van der Waals surface area contributed by atoms with Crippen LogP contribution in [-0.4, -0.2) is 12.1 Å². The molecule has 0 saturated carbocycles. The second-order valence-corrected chi connectivity index (χ2v) is 4.49. The molecule has 0 amide bonds. The third-order valence-electron chi connectivity index (χ3n) is 3.15. The molecule has 103 valence electrons. The van der Waals surface area contributed by atoms with Crippen LogP contribution in [0.3, 0.4) is 0 Å². The maximum Gasteiger partial charge on any atom is 0.302 e. The Labute approximate surface area is 107 Å². The summed E-state index contributed by atoms with van der Waals surface area (Å²) in [6.07, 6.45) is 7.72. The number of esters is 1.